The van der Waals surface area contributed by atoms with Gasteiger partial charge in [-0.25, -0.2) is 0 Å². The first kappa shape index (κ1) is 13.6. The number of carbonyl (C=O) groups is 1. The van der Waals surface area contributed by atoms with Crippen LogP contribution in [0, 0.1) is 0 Å². The van der Waals surface area contributed by atoms with Crippen molar-refractivity contribution in [1.82, 2.24) is 9.88 Å². The summed E-state index contributed by atoms with van der Waals surface area (Å²) in [5, 5.41) is 0. The zero-order valence-electron chi connectivity index (χ0n) is 11.8. The number of pyridine rings is 1. The number of likely N-dealkylation sites (tertiary alicyclic amines) is 1. The highest BCUT2D eigenvalue weighted by molar-refractivity contribution is 5.79. The van der Waals surface area contributed by atoms with E-state index < -0.39 is 0 Å². The molecular formula is C17H18N2O2. The highest BCUT2D eigenvalue weighted by Gasteiger charge is 2.27. The zero-order chi connectivity index (χ0) is 14.7. The van der Waals surface area contributed by atoms with Gasteiger partial charge in [-0.15, -0.1) is 0 Å². The summed E-state index contributed by atoms with van der Waals surface area (Å²) in [5.74, 6) is 0.495. The molecule has 1 N–H and O–H groups in total. The molecule has 1 fully saturated rings. The SMILES string of the molecule is O=C(Cc1ccccc1)N1CCC(c2ccc(=O)[nH]c2)C1. The maximum Gasteiger partial charge on any atom is 0.247 e. The van der Waals surface area contributed by atoms with E-state index >= 15 is 0 Å². The Kier molecular flexibility index (Phi) is 3.86. The van der Waals surface area contributed by atoms with Crippen molar-refractivity contribution in [1.29, 1.82) is 0 Å². The van der Waals surface area contributed by atoms with Gasteiger partial charge in [0.15, 0.2) is 0 Å². The van der Waals surface area contributed by atoms with Crippen LogP contribution in [0.15, 0.2) is 53.5 Å². The average molecular weight is 282 g/mol. The molecule has 108 valence electrons. The summed E-state index contributed by atoms with van der Waals surface area (Å²) < 4.78 is 0. The van der Waals surface area contributed by atoms with E-state index in [0.717, 1.165) is 30.6 Å². The van der Waals surface area contributed by atoms with E-state index in [1.807, 2.05) is 41.3 Å². The molecule has 1 atom stereocenters. The minimum atomic E-state index is -0.0891. The summed E-state index contributed by atoms with van der Waals surface area (Å²) in [7, 11) is 0. The lowest BCUT2D eigenvalue weighted by atomic mass is 10.0. The standard InChI is InChI=1S/C17H18N2O2/c20-16-7-6-14(11-18-16)15-8-9-19(12-15)17(21)10-13-4-2-1-3-5-13/h1-7,11,15H,8-10,12H2,(H,18,20). The molecule has 2 aromatic rings. The van der Waals surface area contributed by atoms with Crippen LogP contribution >= 0.6 is 0 Å². The molecule has 21 heavy (non-hydrogen) atoms. The quantitative estimate of drug-likeness (QED) is 0.935. The first-order valence-electron chi connectivity index (χ1n) is 7.23. The molecule has 1 aliphatic heterocycles. The molecule has 1 amide bonds. The van der Waals surface area contributed by atoms with Gasteiger partial charge in [0.25, 0.3) is 0 Å². The fourth-order valence-electron chi connectivity index (χ4n) is 2.82. The predicted molar refractivity (Wildman–Crippen MR) is 81.1 cm³/mol. The third-order valence-corrected chi connectivity index (χ3v) is 4.02. The van der Waals surface area contributed by atoms with Crippen LogP contribution in [0.5, 0.6) is 0 Å². The molecule has 0 radical (unpaired) electrons. The highest BCUT2D eigenvalue weighted by Crippen LogP contribution is 2.26. The molecule has 2 heterocycles. The Hall–Kier alpha value is -2.36. The van der Waals surface area contributed by atoms with E-state index in [-0.39, 0.29) is 11.5 Å². The number of nitrogens with zero attached hydrogens (tertiary/aromatic N) is 1. The van der Waals surface area contributed by atoms with E-state index in [0.29, 0.717) is 12.3 Å². The normalized spacial score (nSPS) is 17.9. The van der Waals surface area contributed by atoms with Gasteiger partial charge in [0.1, 0.15) is 0 Å². The Labute approximate surface area is 123 Å². The highest BCUT2D eigenvalue weighted by atomic mass is 16.2. The van der Waals surface area contributed by atoms with Gasteiger partial charge in [0.05, 0.1) is 6.42 Å². The molecule has 4 nitrogen and oxygen atoms in total. The smallest absolute Gasteiger partial charge is 0.247 e. The molecular weight excluding hydrogens is 264 g/mol. The Morgan fingerprint density at radius 2 is 2.00 bits per heavy atom. The maximum atomic E-state index is 12.3. The summed E-state index contributed by atoms with van der Waals surface area (Å²) in [6, 6.07) is 13.2. The molecule has 4 heteroatoms. The Morgan fingerprint density at radius 1 is 1.19 bits per heavy atom. The summed E-state index contributed by atoms with van der Waals surface area (Å²) >= 11 is 0. The van der Waals surface area contributed by atoms with Crippen LogP contribution in [0.3, 0.4) is 0 Å². The monoisotopic (exact) mass is 282 g/mol. The van der Waals surface area contributed by atoms with E-state index in [1.165, 1.54) is 0 Å². The molecule has 1 aromatic heterocycles. The fraction of sp³-hybridized carbons (Fsp3) is 0.294. The van der Waals surface area contributed by atoms with Gasteiger partial charge in [-0.2, -0.15) is 0 Å². The van der Waals surface area contributed by atoms with Crippen molar-refractivity contribution in [2.24, 2.45) is 0 Å². The molecule has 1 saturated heterocycles. The predicted octanol–water partition coefficient (Wildman–Crippen LogP) is 1.93. The van der Waals surface area contributed by atoms with E-state index in [1.54, 1.807) is 12.3 Å². The average Bonchev–Trinajstić information content (AvgIpc) is 2.99. The second kappa shape index (κ2) is 5.95. The zero-order valence-corrected chi connectivity index (χ0v) is 11.8. The molecule has 0 spiro atoms. The van der Waals surface area contributed by atoms with Gasteiger partial charge in [-0.1, -0.05) is 36.4 Å². The van der Waals surface area contributed by atoms with Gasteiger partial charge in [-0.05, 0) is 17.5 Å². The van der Waals surface area contributed by atoms with Crippen molar-refractivity contribution in [3.63, 3.8) is 0 Å². The number of carbonyl (C=O) groups excluding carboxylic acids is 1. The maximum absolute atomic E-state index is 12.3. The van der Waals surface area contributed by atoms with Gasteiger partial charge in [-0.3, -0.25) is 9.59 Å². The molecule has 3 rings (SSSR count). The van der Waals surface area contributed by atoms with Crippen molar-refractivity contribution in [3.05, 3.63) is 70.1 Å². The van der Waals surface area contributed by atoms with Crippen LogP contribution < -0.4 is 5.56 Å². The van der Waals surface area contributed by atoms with Crippen molar-refractivity contribution in [2.45, 2.75) is 18.8 Å². The number of hydrogen-bond acceptors (Lipinski definition) is 2. The minimum absolute atomic E-state index is 0.0891. The lowest BCUT2D eigenvalue weighted by molar-refractivity contribution is -0.129. The van der Waals surface area contributed by atoms with Crippen LogP contribution in [0.4, 0.5) is 0 Å². The topological polar surface area (TPSA) is 53.2 Å². The summed E-state index contributed by atoms with van der Waals surface area (Å²) in [6.07, 6.45) is 3.17. The second-order valence-electron chi connectivity index (χ2n) is 5.47. The lowest BCUT2D eigenvalue weighted by Crippen LogP contribution is -2.29. The number of hydrogen-bond donors (Lipinski definition) is 1. The second-order valence-corrected chi connectivity index (χ2v) is 5.47. The number of benzene rings is 1. The molecule has 1 unspecified atom stereocenters. The van der Waals surface area contributed by atoms with Crippen LogP contribution in [0.25, 0.3) is 0 Å². The number of aromatic amines is 1. The third-order valence-electron chi connectivity index (χ3n) is 4.02. The largest absolute Gasteiger partial charge is 0.342 e. The summed E-state index contributed by atoms with van der Waals surface area (Å²) in [5.41, 5.74) is 2.06. The molecule has 1 aliphatic rings. The van der Waals surface area contributed by atoms with Crippen molar-refractivity contribution >= 4 is 5.91 Å². The minimum Gasteiger partial charge on any atom is -0.342 e. The number of nitrogens with one attached hydrogen (secondary N) is 1. The van der Waals surface area contributed by atoms with E-state index in [2.05, 4.69) is 4.98 Å². The number of amides is 1. The third kappa shape index (κ3) is 3.21. The Bertz CT molecular complexity index is 658. The Balaban J connectivity index is 1.62. The summed E-state index contributed by atoms with van der Waals surface area (Å²) in [6.45, 7) is 1.52. The molecule has 0 saturated carbocycles. The summed E-state index contributed by atoms with van der Waals surface area (Å²) in [4.78, 5) is 28.0. The van der Waals surface area contributed by atoms with E-state index in [9.17, 15) is 9.59 Å². The van der Waals surface area contributed by atoms with Crippen LogP contribution in [-0.4, -0.2) is 28.9 Å². The van der Waals surface area contributed by atoms with Gasteiger partial charge >= 0.3 is 0 Å². The van der Waals surface area contributed by atoms with E-state index in [4.69, 9.17) is 0 Å². The van der Waals surface area contributed by atoms with Gasteiger partial charge < -0.3 is 9.88 Å². The van der Waals surface area contributed by atoms with Crippen LogP contribution in [0.1, 0.15) is 23.5 Å². The fourth-order valence-corrected chi connectivity index (χ4v) is 2.82. The van der Waals surface area contributed by atoms with Crippen molar-refractivity contribution < 1.29 is 4.79 Å². The van der Waals surface area contributed by atoms with Crippen LogP contribution in [0.2, 0.25) is 0 Å². The van der Waals surface area contributed by atoms with Gasteiger partial charge in [0.2, 0.25) is 11.5 Å². The number of H-pyrrole nitrogens is 1. The van der Waals surface area contributed by atoms with Gasteiger partial charge in [0, 0.05) is 31.3 Å². The Morgan fingerprint density at radius 3 is 2.71 bits per heavy atom. The van der Waals surface area contributed by atoms with Crippen LogP contribution in [-0.2, 0) is 11.2 Å². The molecule has 1 aromatic carbocycles. The number of aromatic nitrogens is 1. The van der Waals surface area contributed by atoms with Crippen molar-refractivity contribution in [2.75, 3.05) is 13.1 Å². The lowest BCUT2D eigenvalue weighted by Gasteiger charge is -2.16. The number of rotatable bonds is 3. The molecule has 0 aliphatic carbocycles. The first-order chi connectivity index (χ1) is 10.2. The molecule has 0 bridgehead atoms. The van der Waals surface area contributed by atoms with Crippen molar-refractivity contribution in [3.8, 4) is 0 Å². The first-order valence-corrected chi connectivity index (χ1v) is 7.23.